The van der Waals surface area contributed by atoms with Crippen LogP contribution in [0.15, 0.2) is 41.3 Å². The van der Waals surface area contributed by atoms with E-state index in [0.717, 1.165) is 24.0 Å². The van der Waals surface area contributed by atoms with Crippen LogP contribution in [0.1, 0.15) is 34.3 Å². The van der Waals surface area contributed by atoms with E-state index in [1.807, 2.05) is 19.9 Å². The Morgan fingerprint density at radius 2 is 1.69 bits per heavy atom. The van der Waals surface area contributed by atoms with Gasteiger partial charge in [0.25, 0.3) is 5.91 Å². The highest BCUT2D eigenvalue weighted by molar-refractivity contribution is 7.89. The fourth-order valence-electron chi connectivity index (χ4n) is 3.12. The van der Waals surface area contributed by atoms with Crippen LogP contribution in [0.4, 0.5) is 5.69 Å². The highest BCUT2D eigenvalue weighted by atomic mass is 35.5. The van der Waals surface area contributed by atoms with E-state index in [1.165, 1.54) is 28.6 Å². The van der Waals surface area contributed by atoms with Gasteiger partial charge in [-0.05, 0) is 68.1 Å². The van der Waals surface area contributed by atoms with Gasteiger partial charge in [-0.2, -0.15) is 4.31 Å². The summed E-state index contributed by atoms with van der Waals surface area (Å²) < 4.78 is 26.6. The molecule has 0 atom stereocenters. The highest BCUT2D eigenvalue weighted by Gasteiger charge is 2.27. The first-order chi connectivity index (χ1) is 12.3. The first-order valence-corrected chi connectivity index (χ1v) is 10.3. The van der Waals surface area contributed by atoms with Crippen LogP contribution < -0.4 is 5.32 Å². The van der Waals surface area contributed by atoms with Gasteiger partial charge in [0.2, 0.25) is 10.0 Å². The minimum Gasteiger partial charge on any atom is -0.320 e. The van der Waals surface area contributed by atoms with Gasteiger partial charge in [-0.15, -0.1) is 0 Å². The van der Waals surface area contributed by atoms with Crippen molar-refractivity contribution in [2.45, 2.75) is 31.6 Å². The van der Waals surface area contributed by atoms with E-state index < -0.39 is 10.0 Å². The van der Waals surface area contributed by atoms with Gasteiger partial charge >= 0.3 is 0 Å². The molecule has 0 aromatic heterocycles. The zero-order chi connectivity index (χ0) is 18.9. The van der Waals surface area contributed by atoms with Gasteiger partial charge < -0.3 is 5.32 Å². The summed E-state index contributed by atoms with van der Waals surface area (Å²) in [5.74, 6) is -0.330. The van der Waals surface area contributed by atoms with Crippen LogP contribution in [0.2, 0.25) is 5.02 Å². The number of rotatable bonds is 4. The van der Waals surface area contributed by atoms with Crippen molar-refractivity contribution in [2.75, 3.05) is 18.4 Å². The number of amides is 1. The molecule has 2 aromatic carbocycles. The van der Waals surface area contributed by atoms with Gasteiger partial charge in [0, 0.05) is 18.7 Å². The molecule has 0 radical (unpaired) electrons. The van der Waals surface area contributed by atoms with Gasteiger partial charge in [0.15, 0.2) is 0 Å². The van der Waals surface area contributed by atoms with Crippen molar-refractivity contribution in [1.29, 1.82) is 0 Å². The van der Waals surface area contributed by atoms with Crippen molar-refractivity contribution in [3.63, 3.8) is 0 Å². The second kappa shape index (κ2) is 7.39. The van der Waals surface area contributed by atoms with Gasteiger partial charge in [0.1, 0.15) is 0 Å². The maximum Gasteiger partial charge on any atom is 0.255 e. The Balaban J connectivity index is 1.79. The van der Waals surface area contributed by atoms with Crippen LogP contribution in [0.3, 0.4) is 0 Å². The summed E-state index contributed by atoms with van der Waals surface area (Å²) in [5, 5.41) is 3.28. The number of nitrogens with zero attached hydrogens (tertiary/aromatic N) is 1. The summed E-state index contributed by atoms with van der Waals surface area (Å²) >= 11 is 6.22. The van der Waals surface area contributed by atoms with Crippen molar-refractivity contribution in [1.82, 2.24) is 4.31 Å². The first kappa shape index (κ1) is 18.9. The van der Waals surface area contributed by atoms with Gasteiger partial charge in [-0.3, -0.25) is 4.79 Å². The van der Waals surface area contributed by atoms with Crippen molar-refractivity contribution in [3.05, 3.63) is 58.1 Å². The van der Waals surface area contributed by atoms with E-state index in [2.05, 4.69) is 5.32 Å². The maximum absolute atomic E-state index is 12.5. The molecule has 7 heteroatoms. The largest absolute Gasteiger partial charge is 0.320 e. The second-order valence-corrected chi connectivity index (χ2v) is 8.87. The maximum atomic E-state index is 12.5. The van der Waals surface area contributed by atoms with Crippen molar-refractivity contribution >= 4 is 33.2 Å². The van der Waals surface area contributed by atoms with Gasteiger partial charge in [0.05, 0.1) is 15.6 Å². The number of hydrogen-bond acceptors (Lipinski definition) is 3. The zero-order valence-electron chi connectivity index (χ0n) is 14.8. The summed E-state index contributed by atoms with van der Waals surface area (Å²) in [6.45, 7) is 4.91. The van der Waals surface area contributed by atoms with Crippen molar-refractivity contribution in [3.8, 4) is 0 Å². The smallest absolute Gasteiger partial charge is 0.255 e. The normalized spacial score (nSPS) is 15.2. The lowest BCUT2D eigenvalue weighted by molar-refractivity contribution is 0.102. The Morgan fingerprint density at radius 1 is 1.08 bits per heavy atom. The van der Waals surface area contributed by atoms with Gasteiger partial charge in [-0.25, -0.2) is 8.42 Å². The Hall–Kier alpha value is -1.89. The SMILES string of the molecule is Cc1cc(C)c(NC(=O)c2ccc(S(=O)(=O)N3CCCC3)cc2)c(Cl)c1. The molecule has 0 unspecified atom stereocenters. The third kappa shape index (κ3) is 3.77. The molecule has 1 amide bonds. The number of aryl methyl sites for hydroxylation is 2. The van der Waals surface area contributed by atoms with Crippen molar-refractivity contribution < 1.29 is 13.2 Å². The van der Waals surface area contributed by atoms with E-state index in [1.54, 1.807) is 6.07 Å². The molecule has 0 bridgehead atoms. The zero-order valence-corrected chi connectivity index (χ0v) is 16.3. The lowest BCUT2D eigenvalue weighted by atomic mass is 10.1. The summed E-state index contributed by atoms with van der Waals surface area (Å²) in [6.07, 6.45) is 1.77. The monoisotopic (exact) mass is 392 g/mol. The number of anilines is 1. The minimum atomic E-state index is -3.48. The van der Waals surface area contributed by atoms with Crippen LogP contribution >= 0.6 is 11.6 Å². The molecule has 1 N–H and O–H groups in total. The molecule has 138 valence electrons. The molecule has 0 aliphatic carbocycles. The number of halogens is 1. The second-order valence-electron chi connectivity index (χ2n) is 6.53. The number of nitrogens with one attached hydrogen (secondary N) is 1. The number of benzene rings is 2. The molecule has 1 fully saturated rings. The molecule has 1 aliphatic heterocycles. The predicted octanol–water partition coefficient (Wildman–Crippen LogP) is 3.99. The fraction of sp³-hybridized carbons (Fsp3) is 0.316. The third-order valence-corrected chi connectivity index (χ3v) is 6.70. The third-order valence-electron chi connectivity index (χ3n) is 4.49. The molecule has 26 heavy (non-hydrogen) atoms. The van der Waals surface area contributed by atoms with E-state index in [0.29, 0.717) is 29.4 Å². The molecule has 0 saturated carbocycles. The van der Waals surface area contributed by atoms with Crippen LogP contribution in [-0.2, 0) is 10.0 Å². The molecule has 2 aromatic rings. The van der Waals surface area contributed by atoms with Crippen LogP contribution in [-0.4, -0.2) is 31.7 Å². The Kier molecular flexibility index (Phi) is 5.37. The molecular weight excluding hydrogens is 372 g/mol. The summed E-state index contributed by atoms with van der Waals surface area (Å²) in [7, 11) is -3.48. The van der Waals surface area contributed by atoms with E-state index in [-0.39, 0.29) is 10.8 Å². The predicted molar refractivity (Wildman–Crippen MR) is 103 cm³/mol. The quantitative estimate of drug-likeness (QED) is 0.855. The Labute approximate surface area is 159 Å². The van der Waals surface area contributed by atoms with Crippen LogP contribution in [0, 0.1) is 13.8 Å². The van der Waals surface area contributed by atoms with Crippen LogP contribution in [0.5, 0.6) is 0 Å². The van der Waals surface area contributed by atoms with Crippen LogP contribution in [0.25, 0.3) is 0 Å². The fourth-order valence-corrected chi connectivity index (χ4v) is 5.00. The average molecular weight is 393 g/mol. The number of carbonyl (C=O) groups is 1. The molecule has 3 rings (SSSR count). The standard InChI is InChI=1S/C19H21ClN2O3S/c1-13-11-14(2)18(17(20)12-13)21-19(23)15-5-7-16(8-6-15)26(24,25)22-9-3-4-10-22/h5-8,11-12H,3-4,9-10H2,1-2H3,(H,21,23). The molecule has 1 saturated heterocycles. The van der Waals surface area contributed by atoms with Gasteiger partial charge in [-0.1, -0.05) is 17.7 Å². The van der Waals surface area contributed by atoms with Crippen molar-refractivity contribution in [2.24, 2.45) is 0 Å². The summed E-state index contributed by atoms with van der Waals surface area (Å²) in [5.41, 5.74) is 2.83. The van der Waals surface area contributed by atoms with E-state index in [4.69, 9.17) is 11.6 Å². The lowest BCUT2D eigenvalue weighted by Crippen LogP contribution is -2.27. The number of sulfonamides is 1. The Bertz CT molecular complexity index is 911. The molecule has 1 heterocycles. The highest BCUT2D eigenvalue weighted by Crippen LogP contribution is 2.28. The molecule has 1 aliphatic rings. The van der Waals surface area contributed by atoms with E-state index in [9.17, 15) is 13.2 Å². The number of carbonyl (C=O) groups excluding carboxylic acids is 1. The molecular formula is C19H21ClN2O3S. The number of hydrogen-bond donors (Lipinski definition) is 1. The summed E-state index contributed by atoms with van der Waals surface area (Å²) in [6, 6.07) is 9.73. The minimum absolute atomic E-state index is 0.209. The summed E-state index contributed by atoms with van der Waals surface area (Å²) in [4.78, 5) is 12.7. The molecule has 5 nitrogen and oxygen atoms in total. The van der Waals surface area contributed by atoms with E-state index >= 15 is 0 Å². The molecule has 0 spiro atoms. The Morgan fingerprint density at radius 3 is 2.27 bits per heavy atom. The lowest BCUT2D eigenvalue weighted by Gasteiger charge is -2.16. The average Bonchev–Trinajstić information content (AvgIpc) is 3.13. The topological polar surface area (TPSA) is 66.5 Å². The first-order valence-electron chi connectivity index (χ1n) is 8.47.